The number of likely N-dealkylation sites (tertiary alicyclic amines) is 1. The second kappa shape index (κ2) is 3.66. The quantitative estimate of drug-likeness (QED) is 0.710. The van der Waals surface area contributed by atoms with Crippen LogP contribution in [0.5, 0.6) is 0 Å². The molecule has 0 aromatic rings. The highest BCUT2D eigenvalue weighted by Gasteiger charge is 2.39. The molecule has 0 spiro atoms. The van der Waals surface area contributed by atoms with Gasteiger partial charge in [0.15, 0.2) is 0 Å². The van der Waals surface area contributed by atoms with E-state index >= 15 is 0 Å². The fraction of sp³-hybridized carbons (Fsp3) is 0.900. The van der Waals surface area contributed by atoms with E-state index < -0.39 is 11.4 Å². The number of hydrogen-bond donors (Lipinski definition) is 1. The lowest BCUT2D eigenvalue weighted by atomic mass is 9.79. The minimum atomic E-state index is -0.689. The summed E-state index contributed by atoms with van der Waals surface area (Å²) in [6.07, 6.45) is 3.37. The van der Waals surface area contributed by atoms with Gasteiger partial charge in [-0.1, -0.05) is 6.42 Å². The molecule has 1 N–H and O–H groups in total. The zero-order valence-corrected chi connectivity index (χ0v) is 8.71. The molecule has 1 heterocycles. The first-order chi connectivity index (χ1) is 5.96. The van der Waals surface area contributed by atoms with E-state index in [2.05, 4.69) is 4.90 Å². The van der Waals surface area contributed by atoms with Gasteiger partial charge in [-0.25, -0.2) is 0 Å². The number of nitrogens with zero attached hydrogens (tertiary/aromatic N) is 1. The van der Waals surface area contributed by atoms with Gasteiger partial charge in [-0.15, -0.1) is 0 Å². The van der Waals surface area contributed by atoms with E-state index in [1.54, 1.807) is 0 Å². The summed E-state index contributed by atoms with van der Waals surface area (Å²) in [4.78, 5) is 13.2. The van der Waals surface area contributed by atoms with Gasteiger partial charge in [-0.2, -0.15) is 0 Å². The Balaban J connectivity index is 2.73. The maximum atomic E-state index is 11.0. The van der Waals surface area contributed by atoms with Gasteiger partial charge in [-0.3, -0.25) is 4.79 Å². The van der Waals surface area contributed by atoms with Crippen LogP contribution in [0.15, 0.2) is 0 Å². The Morgan fingerprint density at radius 3 is 2.54 bits per heavy atom. The number of hydrogen-bond acceptors (Lipinski definition) is 2. The third-order valence-corrected chi connectivity index (χ3v) is 3.15. The topological polar surface area (TPSA) is 40.5 Å². The molecule has 0 amide bonds. The molecule has 1 saturated heterocycles. The average molecular weight is 185 g/mol. The second-order valence-electron chi connectivity index (χ2n) is 4.52. The maximum absolute atomic E-state index is 11.0. The fourth-order valence-corrected chi connectivity index (χ4v) is 2.13. The molecule has 1 rings (SSSR count). The van der Waals surface area contributed by atoms with Gasteiger partial charge >= 0.3 is 5.97 Å². The SMILES string of the molecule is CN1CCCCC1C(C)(C)C(=O)O. The number of carbonyl (C=O) groups is 1. The van der Waals surface area contributed by atoms with Crippen molar-refractivity contribution in [3.8, 4) is 0 Å². The smallest absolute Gasteiger partial charge is 0.310 e. The van der Waals surface area contributed by atoms with Gasteiger partial charge in [0, 0.05) is 6.04 Å². The van der Waals surface area contributed by atoms with Crippen molar-refractivity contribution in [2.45, 2.75) is 39.2 Å². The Kier molecular flexibility index (Phi) is 2.96. The summed E-state index contributed by atoms with van der Waals surface area (Å²) in [5, 5.41) is 9.08. The molecule has 0 saturated carbocycles. The van der Waals surface area contributed by atoms with Crippen molar-refractivity contribution in [3.05, 3.63) is 0 Å². The predicted molar refractivity (Wildman–Crippen MR) is 51.7 cm³/mol. The lowest BCUT2D eigenvalue weighted by Gasteiger charge is -2.40. The van der Waals surface area contributed by atoms with Crippen molar-refractivity contribution in [2.24, 2.45) is 5.41 Å². The maximum Gasteiger partial charge on any atom is 0.310 e. The highest BCUT2D eigenvalue weighted by atomic mass is 16.4. The van der Waals surface area contributed by atoms with Crippen molar-refractivity contribution >= 4 is 5.97 Å². The molecule has 0 aromatic carbocycles. The van der Waals surface area contributed by atoms with Gasteiger partial charge in [0.05, 0.1) is 5.41 Å². The third-order valence-electron chi connectivity index (χ3n) is 3.15. The molecule has 0 bridgehead atoms. The van der Waals surface area contributed by atoms with Crippen LogP contribution in [0.1, 0.15) is 33.1 Å². The summed E-state index contributed by atoms with van der Waals surface area (Å²) in [5.41, 5.74) is -0.616. The highest BCUT2D eigenvalue weighted by molar-refractivity contribution is 5.74. The number of rotatable bonds is 2. The molecule has 1 atom stereocenters. The van der Waals surface area contributed by atoms with Crippen LogP contribution in [0.3, 0.4) is 0 Å². The van der Waals surface area contributed by atoms with Gasteiger partial charge in [0.25, 0.3) is 0 Å². The molecule has 0 radical (unpaired) electrons. The average Bonchev–Trinajstić information content (AvgIpc) is 2.04. The van der Waals surface area contributed by atoms with E-state index in [1.807, 2.05) is 20.9 Å². The van der Waals surface area contributed by atoms with E-state index in [-0.39, 0.29) is 6.04 Å². The predicted octanol–water partition coefficient (Wildman–Crippen LogP) is 1.58. The molecular weight excluding hydrogens is 166 g/mol. The first-order valence-corrected chi connectivity index (χ1v) is 4.90. The van der Waals surface area contributed by atoms with E-state index in [9.17, 15) is 4.79 Å². The van der Waals surface area contributed by atoms with Crippen LogP contribution in [-0.4, -0.2) is 35.6 Å². The lowest BCUT2D eigenvalue weighted by Crippen LogP contribution is -2.49. The molecule has 0 aliphatic carbocycles. The largest absolute Gasteiger partial charge is 0.481 e. The minimum Gasteiger partial charge on any atom is -0.481 e. The summed E-state index contributed by atoms with van der Waals surface area (Å²) < 4.78 is 0. The van der Waals surface area contributed by atoms with Crippen LogP contribution >= 0.6 is 0 Å². The Labute approximate surface area is 79.7 Å². The Hall–Kier alpha value is -0.570. The Morgan fingerprint density at radius 2 is 2.08 bits per heavy atom. The van der Waals surface area contributed by atoms with Crippen LogP contribution in [0.2, 0.25) is 0 Å². The number of carboxylic acids is 1. The van der Waals surface area contributed by atoms with Gasteiger partial charge in [0.2, 0.25) is 0 Å². The monoisotopic (exact) mass is 185 g/mol. The number of aliphatic carboxylic acids is 1. The summed E-state index contributed by atoms with van der Waals surface area (Å²) in [6.45, 7) is 4.67. The summed E-state index contributed by atoms with van der Waals surface area (Å²) in [6, 6.07) is 0.193. The molecule has 13 heavy (non-hydrogen) atoms. The fourth-order valence-electron chi connectivity index (χ4n) is 2.13. The Morgan fingerprint density at radius 1 is 1.46 bits per heavy atom. The Bertz CT molecular complexity index is 201. The van der Waals surface area contributed by atoms with Crippen molar-refractivity contribution in [3.63, 3.8) is 0 Å². The summed E-state index contributed by atoms with van der Waals surface area (Å²) >= 11 is 0. The van der Waals surface area contributed by atoms with Gasteiger partial charge in [-0.05, 0) is 40.3 Å². The minimum absolute atomic E-state index is 0.193. The highest BCUT2D eigenvalue weighted by Crippen LogP contribution is 2.31. The molecular formula is C10H19NO2. The van der Waals surface area contributed by atoms with Crippen molar-refractivity contribution in [1.82, 2.24) is 4.90 Å². The van der Waals surface area contributed by atoms with Crippen LogP contribution in [-0.2, 0) is 4.79 Å². The molecule has 0 aromatic heterocycles. The van der Waals surface area contributed by atoms with Crippen molar-refractivity contribution in [2.75, 3.05) is 13.6 Å². The molecule has 76 valence electrons. The van der Waals surface area contributed by atoms with E-state index in [1.165, 1.54) is 6.42 Å². The molecule has 1 aliphatic rings. The molecule has 1 unspecified atom stereocenters. The van der Waals surface area contributed by atoms with Crippen LogP contribution < -0.4 is 0 Å². The number of piperidine rings is 1. The van der Waals surface area contributed by atoms with E-state index in [0.29, 0.717) is 0 Å². The summed E-state index contributed by atoms with van der Waals surface area (Å²) in [5.74, 6) is -0.689. The first-order valence-electron chi connectivity index (χ1n) is 4.90. The van der Waals surface area contributed by atoms with Crippen LogP contribution in [0.25, 0.3) is 0 Å². The van der Waals surface area contributed by atoms with Crippen molar-refractivity contribution in [1.29, 1.82) is 0 Å². The third kappa shape index (κ3) is 2.02. The first kappa shape index (κ1) is 10.5. The zero-order valence-electron chi connectivity index (χ0n) is 8.71. The number of carboxylic acid groups (broad SMARTS) is 1. The van der Waals surface area contributed by atoms with E-state index in [4.69, 9.17) is 5.11 Å². The standard InChI is InChI=1S/C10H19NO2/c1-10(2,9(12)13)8-6-4-5-7-11(8)3/h8H,4-7H2,1-3H3,(H,12,13). The van der Waals surface area contributed by atoms with Crippen LogP contribution in [0.4, 0.5) is 0 Å². The van der Waals surface area contributed by atoms with Gasteiger partial charge < -0.3 is 10.0 Å². The van der Waals surface area contributed by atoms with Gasteiger partial charge in [0.1, 0.15) is 0 Å². The van der Waals surface area contributed by atoms with E-state index in [0.717, 1.165) is 19.4 Å². The molecule has 1 fully saturated rings. The second-order valence-corrected chi connectivity index (χ2v) is 4.52. The molecule has 3 heteroatoms. The molecule has 1 aliphatic heterocycles. The van der Waals surface area contributed by atoms with Crippen molar-refractivity contribution < 1.29 is 9.90 Å². The van der Waals surface area contributed by atoms with Crippen LogP contribution in [0, 0.1) is 5.41 Å². The zero-order chi connectivity index (χ0) is 10.1. The lowest BCUT2D eigenvalue weighted by molar-refractivity contribution is -0.151. The molecule has 3 nitrogen and oxygen atoms in total. The summed E-state index contributed by atoms with van der Waals surface area (Å²) in [7, 11) is 2.02. The normalized spacial score (nSPS) is 25.9.